The molecule has 0 bridgehead atoms. The molecular weight excluding hydrogens is 406 g/mol. The Bertz CT molecular complexity index is 947. The van der Waals surface area contributed by atoms with Crippen LogP contribution in [0, 0.1) is 5.92 Å². The number of nitrogens with two attached hydrogens (primary N) is 1. The molecule has 3 aromatic carbocycles. The van der Waals surface area contributed by atoms with Crippen molar-refractivity contribution in [3.63, 3.8) is 0 Å². The first kappa shape index (κ1) is 22.1. The average Bonchev–Trinajstić information content (AvgIpc) is 2.84. The molecule has 1 heterocycles. The largest absolute Gasteiger partial charge is 0.392 e. The molecule has 0 spiro atoms. The molecule has 1 fully saturated rings. The number of aliphatic hydroxyl groups is 1. The third-order valence-electron chi connectivity index (χ3n) is 5.77. The summed E-state index contributed by atoms with van der Waals surface area (Å²) < 4.78 is 12.9. The first-order valence-corrected chi connectivity index (χ1v) is 11.6. The Morgan fingerprint density at radius 3 is 2.13 bits per heavy atom. The highest BCUT2D eigenvalue weighted by atomic mass is 32.2. The Morgan fingerprint density at radius 2 is 1.48 bits per heavy atom. The zero-order chi connectivity index (χ0) is 21.6. The van der Waals surface area contributed by atoms with E-state index in [4.69, 9.17) is 15.2 Å². The van der Waals surface area contributed by atoms with Crippen molar-refractivity contribution < 1.29 is 14.6 Å². The van der Waals surface area contributed by atoms with Gasteiger partial charge in [-0.2, -0.15) is 0 Å². The molecular formula is C26H29NO3S. The van der Waals surface area contributed by atoms with E-state index in [2.05, 4.69) is 31.2 Å². The fourth-order valence-electron chi connectivity index (χ4n) is 3.82. The number of hydrogen-bond donors (Lipinski definition) is 2. The Kier molecular flexibility index (Phi) is 7.43. The molecule has 1 aliphatic rings. The maximum absolute atomic E-state index is 9.38. The zero-order valence-corrected chi connectivity index (χ0v) is 18.5. The van der Waals surface area contributed by atoms with Crippen molar-refractivity contribution in [1.82, 2.24) is 0 Å². The summed E-state index contributed by atoms with van der Waals surface area (Å²) in [5, 5.41) is 9.38. The standard InChI is InChI=1S/C26H29NO3S/c1-18-24(17-31-23-5-3-2-4-6-23)29-26(22-13-7-19(15-27)8-14-22)30-25(18)21-11-9-20(16-28)10-12-21/h2-14,18,24-26,28H,15-17,27H2,1H3. The maximum atomic E-state index is 9.38. The lowest BCUT2D eigenvalue weighted by molar-refractivity contribution is -0.268. The number of hydrogen-bond acceptors (Lipinski definition) is 5. The first-order valence-electron chi connectivity index (χ1n) is 10.7. The van der Waals surface area contributed by atoms with E-state index in [1.807, 2.05) is 66.4 Å². The summed E-state index contributed by atoms with van der Waals surface area (Å²) >= 11 is 1.81. The molecule has 162 valence electrons. The highest BCUT2D eigenvalue weighted by Crippen LogP contribution is 2.43. The van der Waals surface area contributed by atoms with Crippen LogP contribution in [0.2, 0.25) is 0 Å². The second-order valence-corrected chi connectivity index (χ2v) is 8.99. The van der Waals surface area contributed by atoms with Gasteiger partial charge in [0.1, 0.15) is 0 Å². The molecule has 4 unspecified atom stereocenters. The van der Waals surface area contributed by atoms with E-state index in [0.717, 1.165) is 28.0 Å². The smallest absolute Gasteiger partial charge is 0.184 e. The minimum absolute atomic E-state index is 0.0284. The molecule has 4 nitrogen and oxygen atoms in total. The molecule has 31 heavy (non-hydrogen) atoms. The average molecular weight is 436 g/mol. The number of rotatable bonds is 7. The summed E-state index contributed by atoms with van der Waals surface area (Å²) in [7, 11) is 0. The van der Waals surface area contributed by atoms with E-state index in [1.54, 1.807) is 0 Å². The fraction of sp³-hybridized carbons (Fsp3) is 0.308. The molecule has 1 aliphatic heterocycles. The molecule has 3 N–H and O–H groups in total. The van der Waals surface area contributed by atoms with Gasteiger partial charge in [0.25, 0.3) is 0 Å². The lowest BCUT2D eigenvalue weighted by atomic mass is 9.91. The minimum atomic E-state index is -0.438. The van der Waals surface area contributed by atoms with E-state index in [-0.39, 0.29) is 24.7 Å². The highest BCUT2D eigenvalue weighted by molar-refractivity contribution is 7.99. The van der Waals surface area contributed by atoms with Crippen LogP contribution in [0.4, 0.5) is 0 Å². The van der Waals surface area contributed by atoms with E-state index in [0.29, 0.717) is 6.54 Å². The Hall–Kier alpha value is -2.15. The monoisotopic (exact) mass is 435 g/mol. The van der Waals surface area contributed by atoms with Crippen molar-refractivity contribution in [2.45, 2.75) is 43.5 Å². The lowest BCUT2D eigenvalue weighted by Gasteiger charge is -2.41. The summed E-state index contributed by atoms with van der Waals surface area (Å²) in [5.41, 5.74) is 9.83. The Balaban J connectivity index is 1.58. The number of aliphatic hydroxyl groups excluding tert-OH is 1. The van der Waals surface area contributed by atoms with Gasteiger partial charge in [-0.25, -0.2) is 0 Å². The molecule has 0 aromatic heterocycles. The van der Waals surface area contributed by atoms with Crippen LogP contribution in [0.25, 0.3) is 0 Å². The fourth-order valence-corrected chi connectivity index (χ4v) is 4.90. The van der Waals surface area contributed by atoms with E-state index < -0.39 is 6.29 Å². The number of benzene rings is 3. The summed E-state index contributed by atoms with van der Waals surface area (Å²) in [6.07, 6.45) is -0.505. The number of thioether (sulfide) groups is 1. The highest BCUT2D eigenvalue weighted by Gasteiger charge is 2.38. The van der Waals surface area contributed by atoms with E-state index >= 15 is 0 Å². The van der Waals surface area contributed by atoms with Crippen molar-refractivity contribution in [1.29, 1.82) is 0 Å². The molecule has 4 atom stereocenters. The number of ether oxygens (including phenoxy) is 2. The molecule has 0 radical (unpaired) electrons. The van der Waals surface area contributed by atoms with Crippen molar-refractivity contribution >= 4 is 11.8 Å². The predicted octanol–water partition coefficient (Wildman–Crippen LogP) is 5.22. The van der Waals surface area contributed by atoms with Crippen LogP contribution in [0.3, 0.4) is 0 Å². The van der Waals surface area contributed by atoms with Crippen molar-refractivity contribution in [3.05, 3.63) is 101 Å². The quantitative estimate of drug-likeness (QED) is 0.498. The van der Waals surface area contributed by atoms with Gasteiger partial charge in [0, 0.05) is 28.7 Å². The summed E-state index contributed by atoms with van der Waals surface area (Å²) in [6, 6.07) is 26.6. The summed E-state index contributed by atoms with van der Waals surface area (Å²) in [5.74, 6) is 1.02. The van der Waals surface area contributed by atoms with Crippen LogP contribution in [-0.2, 0) is 22.6 Å². The van der Waals surface area contributed by atoms with Gasteiger partial charge in [-0.15, -0.1) is 11.8 Å². The van der Waals surface area contributed by atoms with Crippen molar-refractivity contribution in [2.24, 2.45) is 11.7 Å². The van der Waals surface area contributed by atoms with Crippen LogP contribution in [0.15, 0.2) is 83.8 Å². The molecule has 3 aromatic rings. The van der Waals surface area contributed by atoms with Gasteiger partial charge >= 0.3 is 0 Å². The van der Waals surface area contributed by atoms with Crippen LogP contribution in [-0.4, -0.2) is 17.0 Å². The van der Waals surface area contributed by atoms with Crippen LogP contribution < -0.4 is 5.73 Å². The third-order valence-corrected chi connectivity index (χ3v) is 6.87. The third kappa shape index (κ3) is 5.37. The lowest BCUT2D eigenvalue weighted by Crippen LogP contribution is -2.38. The molecule has 5 heteroatoms. The summed E-state index contributed by atoms with van der Waals surface area (Å²) in [4.78, 5) is 1.23. The van der Waals surface area contributed by atoms with Crippen LogP contribution in [0.5, 0.6) is 0 Å². The van der Waals surface area contributed by atoms with E-state index in [9.17, 15) is 5.11 Å². The zero-order valence-electron chi connectivity index (χ0n) is 17.7. The summed E-state index contributed by atoms with van der Waals surface area (Å²) in [6.45, 7) is 2.74. The van der Waals surface area contributed by atoms with Gasteiger partial charge in [0.05, 0.1) is 18.8 Å². The maximum Gasteiger partial charge on any atom is 0.184 e. The topological polar surface area (TPSA) is 64.7 Å². The minimum Gasteiger partial charge on any atom is -0.392 e. The molecule has 0 aliphatic carbocycles. The van der Waals surface area contributed by atoms with Gasteiger partial charge in [-0.1, -0.05) is 73.7 Å². The Labute approximate surface area is 188 Å². The molecule has 4 rings (SSSR count). The first-order chi connectivity index (χ1) is 15.2. The van der Waals surface area contributed by atoms with E-state index in [1.165, 1.54) is 4.90 Å². The van der Waals surface area contributed by atoms with Gasteiger partial charge in [0.15, 0.2) is 6.29 Å². The Morgan fingerprint density at radius 1 is 0.839 bits per heavy atom. The van der Waals surface area contributed by atoms with Crippen molar-refractivity contribution in [2.75, 3.05) is 5.75 Å². The van der Waals surface area contributed by atoms with Gasteiger partial charge in [0.2, 0.25) is 0 Å². The molecule has 0 amide bonds. The SMILES string of the molecule is CC1C(CSc2ccccc2)OC(c2ccc(CN)cc2)OC1c1ccc(CO)cc1. The van der Waals surface area contributed by atoms with Gasteiger partial charge in [-0.3, -0.25) is 0 Å². The second kappa shape index (κ2) is 10.4. The van der Waals surface area contributed by atoms with Gasteiger partial charge in [-0.05, 0) is 28.8 Å². The molecule has 0 saturated carbocycles. The van der Waals surface area contributed by atoms with Gasteiger partial charge < -0.3 is 20.3 Å². The second-order valence-electron chi connectivity index (χ2n) is 7.89. The molecule has 1 saturated heterocycles. The van der Waals surface area contributed by atoms with Crippen molar-refractivity contribution in [3.8, 4) is 0 Å². The van der Waals surface area contributed by atoms with Crippen LogP contribution >= 0.6 is 11.8 Å². The normalized spacial score (nSPS) is 23.6. The van der Waals surface area contributed by atoms with Crippen LogP contribution in [0.1, 0.15) is 41.6 Å². The predicted molar refractivity (Wildman–Crippen MR) is 124 cm³/mol.